The summed E-state index contributed by atoms with van der Waals surface area (Å²) in [6, 6.07) is 4.23. The third-order valence-electron chi connectivity index (χ3n) is 3.95. The van der Waals surface area contributed by atoms with Crippen LogP contribution in [0.15, 0.2) is 41.3 Å². The molecule has 2 atom stereocenters. The van der Waals surface area contributed by atoms with Gasteiger partial charge in [-0.15, -0.1) is 11.3 Å². The molecule has 0 aliphatic heterocycles. The monoisotopic (exact) mass is 376 g/mol. The van der Waals surface area contributed by atoms with Gasteiger partial charge in [0.2, 0.25) is 0 Å². The summed E-state index contributed by atoms with van der Waals surface area (Å²) in [7, 11) is 5.71. The third-order valence-corrected chi connectivity index (χ3v) is 4.92. The summed E-state index contributed by atoms with van der Waals surface area (Å²) in [5, 5.41) is 16.9. The number of nitrogens with two attached hydrogens (primary N) is 1. The molecule has 0 amide bonds. The molecule has 26 heavy (non-hydrogen) atoms. The fourth-order valence-electron chi connectivity index (χ4n) is 2.29. The largest absolute Gasteiger partial charge is 0.391 e. The van der Waals surface area contributed by atoms with Crippen molar-refractivity contribution in [1.29, 1.82) is 0 Å². The van der Waals surface area contributed by atoms with Crippen molar-refractivity contribution in [3.05, 3.63) is 41.1 Å². The Morgan fingerprint density at radius 3 is 2.73 bits per heavy atom. The first-order valence-electron chi connectivity index (χ1n) is 8.80. The SMILES string of the molecule is C=C(NC(NC)C(=C=CNC)/C=N\N(C)C(C)CCC)c1ccc(N)s1. The number of likely N-dealkylation sites (N-methyl/N-ethyl adjacent to an activating group) is 1. The Morgan fingerprint density at radius 2 is 2.19 bits per heavy atom. The van der Waals surface area contributed by atoms with Crippen LogP contribution in [0, 0.1) is 0 Å². The zero-order chi connectivity index (χ0) is 19.5. The van der Waals surface area contributed by atoms with Crippen LogP contribution in [-0.4, -0.2) is 44.6 Å². The van der Waals surface area contributed by atoms with Gasteiger partial charge in [-0.05, 0) is 32.5 Å². The van der Waals surface area contributed by atoms with Gasteiger partial charge in [0, 0.05) is 32.0 Å². The molecule has 0 radical (unpaired) electrons. The highest BCUT2D eigenvalue weighted by atomic mass is 32.1. The van der Waals surface area contributed by atoms with Gasteiger partial charge in [-0.2, -0.15) is 5.10 Å². The molecule has 1 rings (SSSR count). The minimum Gasteiger partial charge on any atom is -0.391 e. The maximum atomic E-state index is 5.82. The average molecular weight is 377 g/mol. The smallest absolute Gasteiger partial charge is 0.112 e. The normalized spacial score (nSPS) is 13.0. The van der Waals surface area contributed by atoms with E-state index in [1.807, 2.05) is 44.5 Å². The van der Waals surface area contributed by atoms with Gasteiger partial charge in [0.1, 0.15) is 6.17 Å². The number of anilines is 1. The minimum atomic E-state index is -0.186. The van der Waals surface area contributed by atoms with Crippen molar-refractivity contribution in [2.45, 2.75) is 38.9 Å². The highest BCUT2D eigenvalue weighted by Gasteiger charge is 2.13. The number of hydrogen-bond donors (Lipinski definition) is 4. The van der Waals surface area contributed by atoms with E-state index in [9.17, 15) is 0 Å². The van der Waals surface area contributed by atoms with Gasteiger partial charge in [0.05, 0.1) is 21.7 Å². The van der Waals surface area contributed by atoms with Crippen LogP contribution < -0.4 is 21.7 Å². The second-order valence-electron chi connectivity index (χ2n) is 6.04. The van der Waals surface area contributed by atoms with E-state index in [2.05, 4.69) is 47.2 Å². The molecule has 0 saturated carbocycles. The molecule has 1 aromatic heterocycles. The van der Waals surface area contributed by atoms with E-state index >= 15 is 0 Å². The van der Waals surface area contributed by atoms with E-state index in [-0.39, 0.29) is 6.17 Å². The van der Waals surface area contributed by atoms with Crippen LogP contribution in [0.3, 0.4) is 0 Å². The van der Waals surface area contributed by atoms with Gasteiger partial charge >= 0.3 is 0 Å². The molecule has 1 aromatic rings. The number of nitrogens with one attached hydrogen (secondary N) is 3. The number of nitrogens with zero attached hydrogens (tertiary/aromatic N) is 2. The van der Waals surface area contributed by atoms with Gasteiger partial charge < -0.3 is 16.4 Å². The van der Waals surface area contributed by atoms with Crippen molar-refractivity contribution < 1.29 is 0 Å². The number of rotatable bonds is 11. The molecule has 7 heteroatoms. The Bertz CT molecular complexity index is 657. The summed E-state index contributed by atoms with van der Waals surface area (Å²) in [5.41, 5.74) is 10.7. The van der Waals surface area contributed by atoms with Gasteiger partial charge in [0.15, 0.2) is 0 Å². The first-order valence-corrected chi connectivity index (χ1v) is 9.62. The molecular formula is C19H32N6S. The second-order valence-corrected chi connectivity index (χ2v) is 7.15. The first kappa shape index (κ1) is 21.8. The number of hydrogen-bond acceptors (Lipinski definition) is 7. The van der Waals surface area contributed by atoms with E-state index in [0.29, 0.717) is 6.04 Å². The molecule has 0 aliphatic carbocycles. The van der Waals surface area contributed by atoms with E-state index in [4.69, 9.17) is 5.73 Å². The standard InChI is InChI=1S/C19H32N6S/c1-7-8-14(2)25(6)23-13-16(11-12-21-4)19(22-5)24-15(3)17-9-10-18(20)26-17/h9-10,12-14,19,21-22,24H,3,7-8,20H2,1-2,4-6H3/b23-13-. The second kappa shape index (κ2) is 11.4. The summed E-state index contributed by atoms with van der Waals surface area (Å²) in [4.78, 5) is 1.00. The average Bonchev–Trinajstić information content (AvgIpc) is 3.06. The van der Waals surface area contributed by atoms with Crippen LogP contribution >= 0.6 is 11.3 Å². The molecule has 5 N–H and O–H groups in total. The van der Waals surface area contributed by atoms with Crippen LogP contribution in [0.2, 0.25) is 0 Å². The number of thiophene rings is 1. The van der Waals surface area contributed by atoms with Crippen LogP contribution in [-0.2, 0) is 0 Å². The zero-order valence-electron chi connectivity index (χ0n) is 16.5. The molecule has 0 aromatic carbocycles. The topological polar surface area (TPSA) is 77.7 Å². The molecular weight excluding hydrogens is 344 g/mol. The van der Waals surface area contributed by atoms with E-state index in [0.717, 1.165) is 34.0 Å². The van der Waals surface area contributed by atoms with Gasteiger partial charge in [-0.25, -0.2) is 0 Å². The maximum absolute atomic E-state index is 5.82. The Labute approximate surface area is 161 Å². The summed E-state index contributed by atoms with van der Waals surface area (Å²) < 4.78 is 0. The molecule has 1 heterocycles. The molecule has 6 nitrogen and oxygen atoms in total. The van der Waals surface area contributed by atoms with E-state index < -0.39 is 0 Å². The number of hydrazone groups is 1. The van der Waals surface area contributed by atoms with E-state index in [1.165, 1.54) is 11.3 Å². The van der Waals surface area contributed by atoms with Crippen molar-refractivity contribution in [2.24, 2.45) is 5.10 Å². The van der Waals surface area contributed by atoms with Crippen molar-refractivity contribution >= 4 is 28.2 Å². The molecule has 0 bridgehead atoms. The number of nitrogen functional groups attached to an aromatic ring is 1. The third kappa shape index (κ3) is 6.96. The quantitative estimate of drug-likeness (QED) is 0.207. The zero-order valence-corrected chi connectivity index (χ0v) is 17.3. The molecule has 2 unspecified atom stereocenters. The summed E-state index contributed by atoms with van der Waals surface area (Å²) >= 11 is 1.50. The molecule has 144 valence electrons. The Kier molecular flexibility index (Phi) is 9.58. The van der Waals surface area contributed by atoms with Gasteiger partial charge in [-0.1, -0.05) is 25.7 Å². The highest BCUT2D eigenvalue weighted by Crippen LogP contribution is 2.23. The Morgan fingerprint density at radius 1 is 1.46 bits per heavy atom. The summed E-state index contributed by atoms with van der Waals surface area (Å²) in [5.74, 6) is 0. The fourth-order valence-corrected chi connectivity index (χ4v) is 3.00. The predicted octanol–water partition coefficient (Wildman–Crippen LogP) is 2.80. The van der Waals surface area contributed by atoms with Crippen molar-refractivity contribution in [3.63, 3.8) is 0 Å². The van der Waals surface area contributed by atoms with Crippen molar-refractivity contribution in [2.75, 3.05) is 26.9 Å². The predicted molar refractivity (Wildman–Crippen MR) is 115 cm³/mol. The van der Waals surface area contributed by atoms with Gasteiger partial charge in [0.25, 0.3) is 0 Å². The molecule has 0 fully saturated rings. The lowest BCUT2D eigenvalue weighted by Crippen LogP contribution is -2.41. The van der Waals surface area contributed by atoms with Crippen molar-refractivity contribution in [1.82, 2.24) is 21.0 Å². The lowest BCUT2D eigenvalue weighted by molar-refractivity contribution is 0.258. The maximum Gasteiger partial charge on any atom is 0.112 e. The van der Waals surface area contributed by atoms with Crippen molar-refractivity contribution in [3.8, 4) is 0 Å². The van der Waals surface area contributed by atoms with Crippen LogP contribution in [0.25, 0.3) is 5.70 Å². The van der Waals surface area contributed by atoms with Crippen LogP contribution in [0.1, 0.15) is 31.6 Å². The summed E-state index contributed by atoms with van der Waals surface area (Å²) in [6.45, 7) is 8.47. The molecule has 0 aliphatic rings. The lowest BCUT2D eigenvalue weighted by Gasteiger charge is -2.23. The first-order chi connectivity index (χ1) is 12.4. The Hall–Kier alpha value is -2.21. The Balaban J connectivity index is 2.94. The highest BCUT2D eigenvalue weighted by molar-refractivity contribution is 7.16. The van der Waals surface area contributed by atoms with Crippen LogP contribution in [0.4, 0.5) is 5.00 Å². The molecule has 0 saturated heterocycles. The summed E-state index contributed by atoms with van der Waals surface area (Å²) in [6.07, 6.45) is 5.63. The van der Waals surface area contributed by atoms with Crippen LogP contribution in [0.5, 0.6) is 0 Å². The lowest BCUT2D eigenvalue weighted by atomic mass is 10.2. The van der Waals surface area contributed by atoms with E-state index in [1.54, 1.807) is 6.20 Å². The fraction of sp³-hybridized carbons (Fsp3) is 0.474. The minimum absolute atomic E-state index is 0.186. The molecule has 0 spiro atoms. The van der Waals surface area contributed by atoms with Gasteiger partial charge in [-0.3, -0.25) is 10.3 Å².